The Balaban J connectivity index is 1.17. The summed E-state index contributed by atoms with van der Waals surface area (Å²) in [4.78, 5) is 7.06. The number of fused-ring (bicyclic) bond motifs is 8. The molecule has 4 heteroatoms. The van der Waals surface area contributed by atoms with Crippen LogP contribution in [0.15, 0.2) is 194 Å². The van der Waals surface area contributed by atoms with Gasteiger partial charge in [0.25, 0.3) is 0 Å². The summed E-state index contributed by atoms with van der Waals surface area (Å²) in [5.41, 5.74) is 16.4. The van der Waals surface area contributed by atoms with E-state index < -0.39 is 0 Å². The van der Waals surface area contributed by atoms with Crippen molar-refractivity contribution < 1.29 is 0 Å². The summed E-state index contributed by atoms with van der Waals surface area (Å²) in [6, 6.07) is 66.0. The van der Waals surface area contributed by atoms with E-state index in [4.69, 9.17) is 0 Å². The molecule has 0 saturated carbocycles. The third-order valence-corrected chi connectivity index (χ3v) is 11.8. The van der Waals surface area contributed by atoms with Gasteiger partial charge in [-0.25, -0.2) is 0 Å². The van der Waals surface area contributed by atoms with Gasteiger partial charge in [-0.1, -0.05) is 105 Å². The summed E-state index contributed by atoms with van der Waals surface area (Å²) in [6.45, 7) is 4.70. The third kappa shape index (κ3) is 4.89. The number of hydrogen-bond donors (Lipinski definition) is 0. The highest BCUT2D eigenvalue weighted by Crippen LogP contribution is 2.51. The summed E-state index contributed by atoms with van der Waals surface area (Å²) < 4.78 is 4.75. The largest absolute Gasteiger partial charge is 0.316 e. The van der Waals surface area contributed by atoms with Crippen molar-refractivity contribution in [2.75, 3.05) is 4.90 Å². The normalized spacial score (nSPS) is 13.0. The highest BCUT2D eigenvalue weighted by molar-refractivity contribution is 6.21. The van der Waals surface area contributed by atoms with E-state index in [1.54, 1.807) is 0 Å². The Labute approximate surface area is 326 Å². The van der Waals surface area contributed by atoms with Crippen molar-refractivity contribution in [3.63, 3.8) is 0 Å². The molecule has 266 valence electrons. The van der Waals surface area contributed by atoms with Gasteiger partial charge in [0.15, 0.2) is 0 Å². The first-order chi connectivity index (χ1) is 27.5. The lowest BCUT2D eigenvalue weighted by Gasteiger charge is -2.28. The fourth-order valence-electron chi connectivity index (χ4n) is 9.11. The van der Waals surface area contributed by atoms with Crippen molar-refractivity contribution in [3.8, 4) is 33.8 Å². The van der Waals surface area contributed by atoms with Gasteiger partial charge in [0.2, 0.25) is 0 Å². The van der Waals surface area contributed by atoms with Gasteiger partial charge in [-0.05, 0) is 113 Å². The highest BCUT2D eigenvalue weighted by Gasteiger charge is 2.35. The molecule has 0 aliphatic heterocycles. The van der Waals surface area contributed by atoms with Gasteiger partial charge in [0.1, 0.15) is 0 Å². The van der Waals surface area contributed by atoms with Crippen molar-refractivity contribution in [2.45, 2.75) is 19.3 Å². The predicted octanol–water partition coefficient (Wildman–Crippen LogP) is 13.6. The second kappa shape index (κ2) is 12.4. The van der Waals surface area contributed by atoms with Gasteiger partial charge >= 0.3 is 0 Å². The van der Waals surface area contributed by atoms with Crippen LogP contribution in [-0.4, -0.2) is 14.1 Å². The highest BCUT2D eigenvalue weighted by atomic mass is 15.1. The van der Waals surface area contributed by atoms with E-state index in [9.17, 15) is 0 Å². The molecule has 7 aromatic carbocycles. The number of rotatable bonds is 6. The summed E-state index contributed by atoms with van der Waals surface area (Å²) in [5, 5.41) is 3.64. The van der Waals surface area contributed by atoms with Gasteiger partial charge in [0, 0.05) is 68.0 Å². The molecule has 11 rings (SSSR count). The van der Waals surface area contributed by atoms with Crippen LogP contribution < -0.4 is 4.90 Å². The molecule has 0 unspecified atom stereocenters. The van der Waals surface area contributed by atoms with Gasteiger partial charge in [-0.3, -0.25) is 4.98 Å². The third-order valence-electron chi connectivity index (χ3n) is 11.8. The molecule has 56 heavy (non-hydrogen) atoms. The smallest absolute Gasteiger partial charge is 0.0701 e. The molecule has 0 bridgehead atoms. The number of benzene rings is 7. The van der Waals surface area contributed by atoms with Crippen LogP contribution in [0.2, 0.25) is 0 Å². The zero-order valence-corrected chi connectivity index (χ0v) is 31.3. The fourth-order valence-corrected chi connectivity index (χ4v) is 9.11. The minimum Gasteiger partial charge on any atom is -0.316 e. The Hall–Kier alpha value is -7.17. The number of nitrogens with zero attached hydrogens (tertiary/aromatic N) is 4. The first-order valence-electron chi connectivity index (χ1n) is 19.3. The van der Waals surface area contributed by atoms with Crippen LogP contribution in [0, 0.1) is 0 Å². The maximum Gasteiger partial charge on any atom is 0.0701 e. The zero-order valence-electron chi connectivity index (χ0n) is 31.3. The average Bonchev–Trinajstić information content (AvgIpc) is 3.90. The molecule has 0 spiro atoms. The molecule has 0 amide bonds. The van der Waals surface area contributed by atoms with E-state index in [0.29, 0.717) is 0 Å². The van der Waals surface area contributed by atoms with Crippen LogP contribution in [0.3, 0.4) is 0 Å². The van der Waals surface area contributed by atoms with E-state index in [2.05, 4.69) is 209 Å². The second-order valence-electron chi connectivity index (χ2n) is 15.3. The molecule has 3 heterocycles. The lowest BCUT2D eigenvalue weighted by molar-refractivity contribution is 0.660. The maximum atomic E-state index is 4.64. The van der Waals surface area contributed by atoms with Gasteiger partial charge in [-0.2, -0.15) is 0 Å². The minimum absolute atomic E-state index is 0.127. The van der Waals surface area contributed by atoms with E-state index >= 15 is 0 Å². The van der Waals surface area contributed by atoms with E-state index in [1.807, 2.05) is 18.3 Å². The topological polar surface area (TPSA) is 26.0 Å². The molecule has 3 aromatic heterocycles. The molecule has 1 aliphatic carbocycles. The molecule has 4 nitrogen and oxygen atoms in total. The number of aromatic nitrogens is 3. The molecule has 0 saturated heterocycles. The summed E-state index contributed by atoms with van der Waals surface area (Å²) in [5.74, 6) is 0. The van der Waals surface area contributed by atoms with E-state index in [1.165, 1.54) is 55.0 Å². The van der Waals surface area contributed by atoms with E-state index in [-0.39, 0.29) is 5.41 Å². The Morgan fingerprint density at radius 2 is 1.18 bits per heavy atom. The zero-order chi connectivity index (χ0) is 37.4. The van der Waals surface area contributed by atoms with Crippen molar-refractivity contribution in [2.24, 2.45) is 0 Å². The van der Waals surface area contributed by atoms with Crippen LogP contribution in [0.4, 0.5) is 17.1 Å². The summed E-state index contributed by atoms with van der Waals surface area (Å²) >= 11 is 0. The van der Waals surface area contributed by atoms with Crippen LogP contribution in [0.1, 0.15) is 25.0 Å². The number of hydrogen-bond acceptors (Lipinski definition) is 2. The summed E-state index contributed by atoms with van der Waals surface area (Å²) in [6.07, 6.45) is 4.06. The van der Waals surface area contributed by atoms with Crippen LogP contribution in [-0.2, 0) is 5.41 Å². The quantitative estimate of drug-likeness (QED) is 0.171. The number of pyridine rings is 1. The molecule has 0 fully saturated rings. The van der Waals surface area contributed by atoms with E-state index in [0.717, 1.165) is 39.7 Å². The first kappa shape index (κ1) is 32.3. The molecule has 10 aromatic rings. The minimum atomic E-state index is -0.127. The predicted molar refractivity (Wildman–Crippen MR) is 233 cm³/mol. The van der Waals surface area contributed by atoms with Crippen LogP contribution in [0.25, 0.3) is 66.5 Å². The Bertz CT molecular complexity index is 3080. The second-order valence-corrected chi connectivity index (χ2v) is 15.3. The van der Waals surface area contributed by atoms with Crippen molar-refractivity contribution >= 4 is 49.8 Å². The molecule has 0 radical (unpaired) electrons. The van der Waals surface area contributed by atoms with Crippen LogP contribution >= 0.6 is 0 Å². The van der Waals surface area contributed by atoms with Crippen LogP contribution in [0.5, 0.6) is 0 Å². The average molecular weight is 719 g/mol. The van der Waals surface area contributed by atoms with Gasteiger partial charge < -0.3 is 14.0 Å². The van der Waals surface area contributed by atoms with Crippen molar-refractivity contribution in [1.29, 1.82) is 0 Å². The Kier molecular flexibility index (Phi) is 7.17. The summed E-state index contributed by atoms with van der Waals surface area (Å²) in [7, 11) is 0. The lowest BCUT2D eigenvalue weighted by atomic mass is 9.82. The Morgan fingerprint density at radius 1 is 0.518 bits per heavy atom. The number of anilines is 3. The van der Waals surface area contributed by atoms with Crippen molar-refractivity contribution in [1.82, 2.24) is 14.1 Å². The van der Waals surface area contributed by atoms with Gasteiger partial charge in [-0.15, -0.1) is 0 Å². The van der Waals surface area contributed by atoms with Gasteiger partial charge in [0.05, 0.1) is 22.2 Å². The van der Waals surface area contributed by atoms with Crippen molar-refractivity contribution in [3.05, 3.63) is 206 Å². The molecule has 1 aliphatic rings. The monoisotopic (exact) mass is 718 g/mol. The molecule has 0 atom stereocenters. The standard InChI is InChI=1S/C52H38N4/c1-52(2)45-18-10-9-17-42(45)43-27-25-41(34-46(43)52)55(39-23-20-35(21-24-39)47-19-11-12-31-53-47)40-26-29-48-44(33-40)50-49(56(48)38-15-7-4-8-16-38)28-22-36-30-32-54(51(36)50)37-13-5-3-6-14-37/h3-34H,1-2H3. The SMILES string of the molecule is CC1(C)c2ccccc2-c2ccc(N(c3ccc(-c4ccccn4)cc3)c3ccc4c(c3)c3c5c(ccc3n4-c3ccccc3)ccn5-c3ccccc3)cc21. The Morgan fingerprint density at radius 3 is 1.96 bits per heavy atom. The lowest BCUT2D eigenvalue weighted by Crippen LogP contribution is -2.16. The maximum absolute atomic E-state index is 4.64. The number of para-hydroxylation sites is 2. The molecule has 0 N–H and O–H groups in total. The first-order valence-corrected chi connectivity index (χ1v) is 19.3. The molecular weight excluding hydrogens is 681 g/mol. The molecular formula is C52H38N4. The fraction of sp³-hybridized carbons (Fsp3) is 0.0577.